The van der Waals surface area contributed by atoms with Crippen LogP contribution in [0.25, 0.3) is 24.3 Å². The Morgan fingerprint density at radius 2 is 0.812 bits per heavy atom. The van der Waals surface area contributed by atoms with Gasteiger partial charge < -0.3 is 70.0 Å². The van der Waals surface area contributed by atoms with Gasteiger partial charge in [-0.1, -0.05) is 99.6 Å². The van der Waals surface area contributed by atoms with Crippen molar-refractivity contribution in [3.8, 4) is 0 Å². The second kappa shape index (κ2) is 38.5. The maximum atomic E-state index is 12.5. The quantitative estimate of drug-likeness (QED) is 0.125. The van der Waals surface area contributed by atoms with Gasteiger partial charge in [0.25, 0.3) is 0 Å². The second-order valence-corrected chi connectivity index (χ2v) is 22.6. The molecule has 0 saturated carbocycles. The summed E-state index contributed by atoms with van der Waals surface area (Å²) in [6, 6.07) is 0. The van der Waals surface area contributed by atoms with E-state index in [0.29, 0.717) is 79.9 Å². The molecule has 1 radical (unpaired) electrons. The van der Waals surface area contributed by atoms with E-state index in [4.69, 9.17) is 29.9 Å². The standard InChI is InChI=1S/2C34H36N4O6.Cu.Mg.6Na/c2*1-7-19-15(3)23-12-25-17(5)21(9-10-29(39)40)32(37-25)22(11-30(41)42)33-31(34(43)44)18(6)26(38-33)14-28-20(8-2)16(4)24(36-28)13-27(19)35-23;;;;;;;;/h2*7,12-14,17,21H,1,8-11H2,2-6H3,(H5,35,36,37,38,39,40,41,42,43,44);;;;;;;;/q;;2*+2;6*+1/p-10. The minimum Gasteiger partial charge on any atom is -0.883 e. The first-order chi connectivity index (χ1) is 41.7. The molecule has 8 aliphatic rings. The van der Waals surface area contributed by atoms with Crippen molar-refractivity contribution in [2.75, 3.05) is 0 Å². The van der Waals surface area contributed by atoms with E-state index in [1.807, 2.05) is 67.5 Å². The predicted octanol–water partition coefficient (Wildman–Crippen LogP) is -19.9. The van der Waals surface area contributed by atoms with Crippen molar-refractivity contribution in [3.05, 3.63) is 183 Å². The van der Waals surface area contributed by atoms with Gasteiger partial charge in [-0.3, -0.25) is 9.98 Å². The zero-order valence-corrected chi connectivity index (χ0v) is 71.8. The van der Waals surface area contributed by atoms with Crippen LogP contribution < -0.4 is 250 Å². The largest absolute Gasteiger partial charge is 2.00 e. The van der Waals surface area contributed by atoms with Crippen molar-refractivity contribution >= 4 is 106 Å². The number of carbonyl (C=O) groups is 4. The minimum absolute atomic E-state index is 0. The number of allylic oxidation sites excluding steroid dienone is 16. The molecule has 0 amide bonds. The van der Waals surface area contributed by atoms with Crippen LogP contribution in [0.5, 0.6) is 0 Å². The van der Waals surface area contributed by atoms with Crippen LogP contribution in [0.2, 0.25) is 0 Å². The Balaban J connectivity index is 0.000000886. The van der Waals surface area contributed by atoms with E-state index in [-0.39, 0.29) is 311 Å². The smallest absolute Gasteiger partial charge is 0.883 e. The normalized spacial score (nSPS) is 19.3. The number of carboxylic acid groups (broad SMARTS) is 4. The van der Waals surface area contributed by atoms with Gasteiger partial charge in [0.1, 0.15) is 0 Å². The average Bonchev–Trinajstić information content (AvgIpc) is 1.61. The van der Waals surface area contributed by atoms with Crippen LogP contribution in [0.15, 0.2) is 169 Å². The summed E-state index contributed by atoms with van der Waals surface area (Å²) in [6.45, 7) is 26.6. The Bertz CT molecular complexity index is 4130. The number of aromatic nitrogens is 2. The first-order valence-corrected chi connectivity index (χ1v) is 28.9. The number of rotatable bonds is 14. The van der Waals surface area contributed by atoms with Crippen LogP contribution in [0.4, 0.5) is 0 Å². The van der Waals surface area contributed by atoms with Gasteiger partial charge in [-0.2, -0.15) is 11.9 Å². The Labute approximate surface area is 716 Å². The fourth-order valence-corrected chi connectivity index (χ4v) is 12.7. The van der Waals surface area contributed by atoms with Crippen LogP contribution in [-0.4, -0.2) is 81.2 Å². The summed E-state index contributed by atoms with van der Waals surface area (Å²) in [5, 5.41) is 99.9. The number of aliphatic carboxylic acids is 4. The summed E-state index contributed by atoms with van der Waals surface area (Å²) in [5.41, 5.74) is 11.8. The van der Waals surface area contributed by atoms with Gasteiger partial charge >= 0.3 is 217 Å². The molecule has 0 aromatic carbocycles. The van der Waals surface area contributed by atoms with Gasteiger partial charge in [0.05, 0.1) is 57.0 Å². The van der Waals surface area contributed by atoms with Gasteiger partial charge in [-0.25, -0.2) is 20.0 Å². The molecule has 4 atom stereocenters. The SMILES string of the molecule is C=CC1=C(C)C2=CC3=NC(=C(CC(=O)[O-])C4=NC(=C(C)C4=C([O-])[O-])C=c4[n-]c(c(C)c4CC)=CC1=N2)C(CCC(=O)[O-])C3C.C=CC1=C(C)C2=CC3=NC(=C(CC(=O)[O-])C4=NC(=C(C)C4=C([O-])[O-])C=c4[n-]c(c(C)c4CC)=CC1=N2)C(CCC(=O)[O-])C3C.[Cu+2].[Mg+2].[Na+].[Na+].[Na+].[Na+].[Na+].[Na+]. The molecule has 10 rings (SSSR count). The maximum Gasteiger partial charge on any atom is 2.00 e. The molecule has 0 spiro atoms. The summed E-state index contributed by atoms with van der Waals surface area (Å²) in [6.07, 6.45) is 13.7. The molecule has 10 heterocycles. The fourth-order valence-electron chi connectivity index (χ4n) is 12.7. The molecule has 16 bridgehead atoms. The van der Waals surface area contributed by atoms with Crippen LogP contribution in [-0.2, 0) is 49.1 Å². The van der Waals surface area contributed by atoms with E-state index in [2.05, 4.69) is 23.1 Å². The van der Waals surface area contributed by atoms with Crippen molar-refractivity contribution in [2.45, 2.75) is 121 Å². The first kappa shape index (κ1) is 91.3. The van der Waals surface area contributed by atoms with Gasteiger partial charge in [-0.15, -0.1) is 21.4 Å². The van der Waals surface area contributed by atoms with Crippen LogP contribution in [0, 0.1) is 37.5 Å². The molecule has 96 heavy (non-hydrogen) atoms. The molecular formula is C68H62CuMgN8Na6O12. The average molecular weight is 1410 g/mol. The van der Waals surface area contributed by atoms with Gasteiger partial charge in [0.15, 0.2) is 0 Å². The summed E-state index contributed by atoms with van der Waals surface area (Å²) in [7, 11) is 0. The van der Waals surface area contributed by atoms with Crippen LogP contribution in [0.3, 0.4) is 0 Å². The number of nitrogens with zero attached hydrogens (tertiary/aromatic N) is 8. The maximum absolute atomic E-state index is 12.5. The molecule has 8 aliphatic heterocycles. The minimum atomic E-state index is -1.52. The predicted molar refractivity (Wildman–Crippen MR) is 323 cm³/mol. The van der Waals surface area contributed by atoms with E-state index in [1.165, 1.54) is 0 Å². The fraction of sp³-hybridized carbons (Fsp3) is 0.324. The third-order valence-electron chi connectivity index (χ3n) is 17.5. The summed E-state index contributed by atoms with van der Waals surface area (Å²) >= 11 is 0. The molecule has 2 aromatic rings. The number of carbonyl (C=O) groups excluding carboxylic acids is 4. The first-order valence-electron chi connectivity index (χ1n) is 28.9. The van der Waals surface area contributed by atoms with Crippen molar-refractivity contribution in [1.82, 2.24) is 9.97 Å². The third-order valence-corrected chi connectivity index (χ3v) is 17.5. The van der Waals surface area contributed by atoms with E-state index in [0.717, 1.165) is 44.5 Å². The van der Waals surface area contributed by atoms with Gasteiger partial charge in [0, 0.05) is 94.1 Å². The second-order valence-electron chi connectivity index (χ2n) is 22.6. The summed E-state index contributed by atoms with van der Waals surface area (Å²) in [4.78, 5) is 85.7. The van der Waals surface area contributed by atoms with Crippen molar-refractivity contribution < 1.29 is 254 Å². The molecule has 2 aromatic heterocycles. The molecule has 0 fully saturated rings. The van der Waals surface area contributed by atoms with Crippen molar-refractivity contribution in [1.29, 1.82) is 0 Å². The van der Waals surface area contributed by atoms with Crippen LogP contribution in [0.1, 0.15) is 116 Å². The topological polar surface area (TPSA) is 355 Å². The van der Waals surface area contributed by atoms with Crippen LogP contribution >= 0.6 is 0 Å². The van der Waals surface area contributed by atoms with E-state index >= 15 is 0 Å². The summed E-state index contributed by atoms with van der Waals surface area (Å²) < 4.78 is 0. The molecule has 4 unspecified atom stereocenters. The molecule has 0 saturated heterocycles. The molecule has 0 N–H and O–H groups in total. The number of hydrogen-bond acceptors (Lipinski definition) is 18. The zero-order chi connectivity index (χ0) is 64.1. The number of hydrogen-bond donors (Lipinski definition) is 0. The van der Waals surface area contributed by atoms with E-state index in [1.54, 1.807) is 50.3 Å². The Kier molecular flexibility index (Phi) is 36.7. The summed E-state index contributed by atoms with van der Waals surface area (Å²) in [5.74, 6) is -10.4. The van der Waals surface area contributed by atoms with Crippen molar-refractivity contribution in [2.24, 2.45) is 53.6 Å². The van der Waals surface area contributed by atoms with E-state index in [9.17, 15) is 60.0 Å². The number of aliphatic imine (C=N–C) groups is 6. The molecule has 20 nitrogen and oxygen atoms in total. The third kappa shape index (κ3) is 18.7. The zero-order valence-electron chi connectivity index (χ0n) is 57.5. The van der Waals surface area contributed by atoms with Crippen molar-refractivity contribution in [3.63, 3.8) is 0 Å². The molecule has 0 aliphatic carbocycles. The molecule has 28 heteroatoms. The monoisotopic (exact) mass is 1410 g/mol. The van der Waals surface area contributed by atoms with E-state index < -0.39 is 60.4 Å². The van der Waals surface area contributed by atoms with Gasteiger partial charge in [0.2, 0.25) is 0 Å². The molecular weight excluding hydrogens is 1350 g/mol. The Morgan fingerprint density at radius 1 is 0.479 bits per heavy atom. The Hall–Kier alpha value is -2.69. The number of fused-ring (bicyclic) bond motifs is 10. The molecule has 465 valence electrons. The number of carboxylic acids is 4. The Morgan fingerprint density at radius 3 is 1.09 bits per heavy atom. The van der Waals surface area contributed by atoms with Gasteiger partial charge in [-0.05, 0) is 126 Å².